The van der Waals surface area contributed by atoms with Gasteiger partial charge in [-0.25, -0.2) is 4.98 Å². The van der Waals surface area contributed by atoms with Crippen molar-refractivity contribution in [3.05, 3.63) is 76.8 Å². The highest BCUT2D eigenvalue weighted by Crippen LogP contribution is 2.32. The van der Waals surface area contributed by atoms with E-state index in [0.717, 1.165) is 37.6 Å². The lowest BCUT2D eigenvalue weighted by Gasteiger charge is -2.11. The van der Waals surface area contributed by atoms with Gasteiger partial charge in [0.05, 0.1) is 10.2 Å². The van der Waals surface area contributed by atoms with Gasteiger partial charge in [-0.15, -0.1) is 11.3 Å². The molecule has 0 aliphatic rings. The van der Waals surface area contributed by atoms with Crippen LogP contribution in [0.15, 0.2) is 60.7 Å². The number of fused-ring (bicyclic) bond motifs is 1. The van der Waals surface area contributed by atoms with Crippen molar-refractivity contribution in [2.45, 2.75) is 13.8 Å². The van der Waals surface area contributed by atoms with Crippen LogP contribution in [0, 0.1) is 13.8 Å². The summed E-state index contributed by atoms with van der Waals surface area (Å²) in [6, 6.07) is 19.3. The second kappa shape index (κ2) is 8.23. The van der Waals surface area contributed by atoms with Crippen molar-refractivity contribution in [3.8, 4) is 16.3 Å². The fourth-order valence-electron chi connectivity index (χ4n) is 2.93. The second-order valence-electron chi connectivity index (χ2n) is 6.76. The van der Waals surface area contributed by atoms with Crippen LogP contribution in [-0.4, -0.2) is 17.5 Å². The minimum atomic E-state index is -0.220. The molecule has 0 unspecified atom stereocenters. The van der Waals surface area contributed by atoms with E-state index in [2.05, 4.69) is 11.4 Å². The number of rotatable bonds is 5. The summed E-state index contributed by atoms with van der Waals surface area (Å²) in [5.41, 5.74) is 4.59. The number of benzene rings is 3. The van der Waals surface area contributed by atoms with Gasteiger partial charge in [-0.2, -0.15) is 0 Å². The third-order valence-electron chi connectivity index (χ3n) is 4.55. The molecular weight excluding hydrogens is 404 g/mol. The first-order valence-electron chi connectivity index (χ1n) is 9.15. The van der Waals surface area contributed by atoms with E-state index in [0.29, 0.717) is 10.8 Å². The first-order chi connectivity index (χ1) is 14.0. The van der Waals surface area contributed by atoms with Gasteiger partial charge in [0.2, 0.25) is 0 Å². The van der Waals surface area contributed by atoms with Crippen LogP contribution in [0.5, 0.6) is 5.75 Å². The molecule has 0 saturated carbocycles. The summed E-state index contributed by atoms with van der Waals surface area (Å²) in [6.45, 7) is 3.78. The van der Waals surface area contributed by atoms with Crippen LogP contribution in [0.4, 0.5) is 5.69 Å². The Morgan fingerprint density at radius 1 is 1.07 bits per heavy atom. The summed E-state index contributed by atoms with van der Waals surface area (Å²) in [5, 5.41) is 4.53. The van der Waals surface area contributed by atoms with Crippen LogP contribution in [0.3, 0.4) is 0 Å². The summed E-state index contributed by atoms with van der Waals surface area (Å²) in [4.78, 5) is 17.1. The molecule has 4 nitrogen and oxygen atoms in total. The highest BCUT2D eigenvalue weighted by atomic mass is 35.5. The summed E-state index contributed by atoms with van der Waals surface area (Å²) in [5.74, 6) is 0.393. The molecule has 1 aromatic heterocycles. The lowest BCUT2D eigenvalue weighted by Crippen LogP contribution is -2.20. The molecule has 1 heterocycles. The zero-order valence-corrected chi connectivity index (χ0v) is 17.6. The van der Waals surface area contributed by atoms with Crippen LogP contribution >= 0.6 is 22.9 Å². The molecule has 1 N–H and O–H groups in total. The lowest BCUT2D eigenvalue weighted by molar-refractivity contribution is -0.118. The van der Waals surface area contributed by atoms with Crippen molar-refractivity contribution >= 4 is 44.7 Å². The molecule has 0 radical (unpaired) electrons. The first-order valence-corrected chi connectivity index (χ1v) is 10.3. The van der Waals surface area contributed by atoms with Gasteiger partial charge in [0.1, 0.15) is 10.8 Å². The van der Waals surface area contributed by atoms with E-state index < -0.39 is 0 Å². The summed E-state index contributed by atoms with van der Waals surface area (Å²) in [7, 11) is 0. The number of aryl methyl sites for hydroxylation is 2. The summed E-state index contributed by atoms with van der Waals surface area (Å²) in [6.07, 6.45) is 0. The average molecular weight is 423 g/mol. The Morgan fingerprint density at radius 2 is 1.90 bits per heavy atom. The van der Waals surface area contributed by atoms with Crippen LogP contribution in [0.25, 0.3) is 20.8 Å². The predicted molar refractivity (Wildman–Crippen MR) is 120 cm³/mol. The summed E-state index contributed by atoms with van der Waals surface area (Å²) >= 11 is 7.65. The van der Waals surface area contributed by atoms with E-state index in [9.17, 15) is 4.79 Å². The molecule has 29 heavy (non-hydrogen) atoms. The molecule has 0 saturated heterocycles. The van der Waals surface area contributed by atoms with Crippen molar-refractivity contribution in [2.75, 3.05) is 11.9 Å². The van der Waals surface area contributed by atoms with Crippen LogP contribution in [0.2, 0.25) is 5.02 Å². The van der Waals surface area contributed by atoms with Crippen LogP contribution in [0.1, 0.15) is 11.1 Å². The molecule has 0 aliphatic carbocycles. The van der Waals surface area contributed by atoms with Gasteiger partial charge in [-0.05, 0) is 61.4 Å². The van der Waals surface area contributed by atoms with Gasteiger partial charge in [-0.1, -0.05) is 35.9 Å². The second-order valence-corrected chi connectivity index (χ2v) is 8.20. The maximum absolute atomic E-state index is 12.4. The highest BCUT2D eigenvalue weighted by molar-refractivity contribution is 7.21. The Bertz CT molecular complexity index is 1170. The molecule has 1 amide bonds. The van der Waals surface area contributed by atoms with Crippen molar-refractivity contribution in [1.82, 2.24) is 4.98 Å². The normalized spacial score (nSPS) is 10.9. The van der Waals surface area contributed by atoms with Gasteiger partial charge < -0.3 is 10.1 Å². The minimum absolute atomic E-state index is 0.0775. The molecule has 0 aliphatic heterocycles. The molecule has 0 fully saturated rings. The van der Waals surface area contributed by atoms with Gasteiger partial charge in [0.15, 0.2) is 6.61 Å². The third kappa shape index (κ3) is 4.42. The monoisotopic (exact) mass is 422 g/mol. The maximum atomic E-state index is 12.4. The molecule has 146 valence electrons. The minimum Gasteiger partial charge on any atom is -0.484 e. The number of thiazole rings is 1. The Morgan fingerprint density at radius 3 is 2.69 bits per heavy atom. The number of nitrogens with zero attached hydrogens (tertiary/aromatic N) is 1. The number of halogens is 1. The highest BCUT2D eigenvalue weighted by Gasteiger charge is 2.11. The van der Waals surface area contributed by atoms with E-state index in [4.69, 9.17) is 21.3 Å². The number of amides is 1. The van der Waals surface area contributed by atoms with E-state index in [1.807, 2.05) is 56.3 Å². The van der Waals surface area contributed by atoms with Gasteiger partial charge in [0.25, 0.3) is 5.91 Å². The van der Waals surface area contributed by atoms with Crippen LogP contribution in [-0.2, 0) is 4.79 Å². The lowest BCUT2D eigenvalue weighted by atomic mass is 10.1. The number of hydrogen-bond donors (Lipinski definition) is 1. The van der Waals surface area contributed by atoms with Gasteiger partial charge in [-0.3, -0.25) is 4.79 Å². The molecule has 4 rings (SSSR count). The number of para-hydroxylation sites is 1. The van der Waals surface area contributed by atoms with Crippen molar-refractivity contribution in [2.24, 2.45) is 0 Å². The Balaban J connectivity index is 1.48. The van der Waals surface area contributed by atoms with Crippen molar-refractivity contribution < 1.29 is 9.53 Å². The smallest absolute Gasteiger partial charge is 0.262 e. The van der Waals surface area contributed by atoms with E-state index in [-0.39, 0.29) is 12.5 Å². The summed E-state index contributed by atoms with van der Waals surface area (Å²) < 4.78 is 6.73. The van der Waals surface area contributed by atoms with Crippen molar-refractivity contribution in [1.29, 1.82) is 0 Å². The quantitative estimate of drug-likeness (QED) is 0.413. The number of hydrogen-bond acceptors (Lipinski definition) is 4. The number of anilines is 1. The first kappa shape index (κ1) is 19.4. The average Bonchev–Trinajstić information content (AvgIpc) is 3.15. The zero-order chi connectivity index (χ0) is 20.4. The number of carbonyl (C=O) groups excluding carboxylic acids is 1. The van der Waals surface area contributed by atoms with E-state index in [1.165, 1.54) is 0 Å². The SMILES string of the molecule is Cc1cc(OCC(=O)Nc2cc(-c3nc4ccccc4s3)ccc2C)ccc1Cl. The van der Waals surface area contributed by atoms with Gasteiger partial charge in [0, 0.05) is 16.3 Å². The Kier molecular flexibility index (Phi) is 5.51. The Labute approximate surface area is 178 Å². The third-order valence-corrected chi connectivity index (χ3v) is 6.06. The molecule has 6 heteroatoms. The van der Waals surface area contributed by atoms with E-state index >= 15 is 0 Å². The Hall–Kier alpha value is -2.89. The number of carbonyl (C=O) groups is 1. The number of ether oxygens (including phenoxy) is 1. The molecule has 0 bridgehead atoms. The maximum Gasteiger partial charge on any atom is 0.262 e. The molecule has 3 aromatic carbocycles. The largest absolute Gasteiger partial charge is 0.484 e. The topological polar surface area (TPSA) is 51.2 Å². The number of nitrogens with one attached hydrogen (secondary N) is 1. The fourth-order valence-corrected chi connectivity index (χ4v) is 4.01. The molecule has 0 spiro atoms. The predicted octanol–water partition coefficient (Wildman–Crippen LogP) is 6.25. The van der Waals surface area contributed by atoms with Gasteiger partial charge >= 0.3 is 0 Å². The fraction of sp³-hybridized carbons (Fsp3) is 0.130. The number of aromatic nitrogens is 1. The molecular formula is C23H19ClN2O2S. The molecule has 0 atom stereocenters. The van der Waals surface area contributed by atoms with Crippen LogP contribution < -0.4 is 10.1 Å². The molecule has 4 aromatic rings. The zero-order valence-electron chi connectivity index (χ0n) is 16.0. The standard InChI is InChI=1S/C23H19ClN2O2S/c1-14-7-8-16(23-26-19-5-3-4-6-21(19)29-23)12-20(14)25-22(27)13-28-17-9-10-18(24)15(2)11-17/h3-12H,13H2,1-2H3,(H,25,27). The van der Waals surface area contributed by atoms with E-state index in [1.54, 1.807) is 23.5 Å². The van der Waals surface area contributed by atoms with Crippen molar-refractivity contribution in [3.63, 3.8) is 0 Å².